The van der Waals surface area contributed by atoms with E-state index in [0.717, 1.165) is 5.56 Å². The molecular formula is C17H17N5O2. The molecule has 0 fully saturated rings. The summed E-state index contributed by atoms with van der Waals surface area (Å²) >= 11 is 0. The maximum absolute atomic E-state index is 12.1. The molecule has 0 aliphatic carbocycles. The van der Waals surface area contributed by atoms with Crippen molar-refractivity contribution in [2.24, 2.45) is 0 Å². The molecule has 0 saturated carbocycles. The number of rotatable bonds is 5. The molecule has 2 heterocycles. The molecule has 1 amide bonds. The first kappa shape index (κ1) is 15.7. The average molecular weight is 323 g/mol. The fraction of sp³-hybridized carbons (Fsp3) is 0.176. The average Bonchev–Trinajstić information content (AvgIpc) is 3.08. The second kappa shape index (κ2) is 6.91. The summed E-state index contributed by atoms with van der Waals surface area (Å²) in [5, 5.41) is 9.63. The first-order chi connectivity index (χ1) is 11.6. The Morgan fingerprint density at radius 1 is 1.25 bits per heavy atom. The van der Waals surface area contributed by atoms with E-state index in [-0.39, 0.29) is 11.5 Å². The number of hydrogen-bond donors (Lipinski definition) is 2. The number of aromatic nitrogens is 4. The van der Waals surface area contributed by atoms with Crippen LogP contribution in [-0.2, 0) is 6.54 Å². The van der Waals surface area contributed by atoms with E-state index in [9.17, 15) is 9.59 Å². The van der Waals surface area contributed by atoms with Crippen molar-refractivity contribution in [1.29, 1.82) is 0 Å². The summed E-state index contributed by atoms with van der Waals surface area (Å²) in [6.45, 7) is 2.44. The first-order valence-electron chi connectivity index (χ1n) is 7.55. The summed E-state index contributed by atoms with van der Waals surface area (Å²) in [5.74, 6) is -0.266. The summed E-state index contributed by atoms with van der Waals surface area (Å²) in [5.41, 5.74) is 2.56. The minimum Gasteiger partial charge on any atom is -0.349 e. The predicted octanol–water partition coefficient (Wildman–Crippen LogP) is 1.37. The fourth-order valence-corrected chi connectivity index (χ4v) is 2.26. The van der Waals surface area contributed by atoms with E-state index in [4.69, 9.17) is 0 Å². The van der Waals surface area contributed by atoms with Crippen LogP contribution < -0.4 is 10.9 Å². The lowest BCUT2D eigenvalue weighted by molar-refractivity contribution is 0.0947. The Morgan fingerprint density at radius 2 is 2.04 bits per heavy atom. The summed E-state index contributed by atoms with van der Waals surface area (Å²) in [6, 6.07) is 12.8. The SMILES string of the molecule is Cc1cc(=O)n(CCNC(=O)c2cc(-c3ccccc3)n[nH]2)cn1. The van der Waals surface area contributed by atoms with Crippen LogP contribution in [0.1, 0.15) is 16.2 Å². The quantitative estimate of drug-likeness (QED) is 0.742. The zero-order valence-electron chi connectivity index (χ0n) is 13.2. The number of nitrogens with one attached hydrogen (secondary N) is 2. The molecule has 1 aromatic carbocycles. The molecule has 7 nitrogen and oxygen atoms in total. The molecule has 3 rings (SSSR count). The van der Waals surface area contributed by atoms with Crippen molar-refractivity contribution in [2.45, 2.75) is 13.5 Å². The maximum atomic E-state index is 12.1. The molecule has 2 aromatic heterocycles. The summed E-state index contributed by atoms with van der Waals surface area (Å²) in [4.78, 5) is 27.9. The van der Waals surface area contributed by atoms with Gasteiger partial charge in [0.1, 0.15) is 5.69 Å². The smallest absolute Gasteiger partial charge is 0.269 e. The summed E-state index contributed by atoms with van der Waals surface area (Å²) in [6.07, 6.45) is 1.48. The molecule has 0 spiro atoms. The number of hydrogen-bond acceptors (Lipinski definition) is 4. The van der Waals surface area contributed by atoms with E-state index >= 15 is 0 Å². The second-order valence-electron chi connectivity index (χ2n) is 5.35. The van der Waals surface area contributed by atoms with Crippen molar-refractivity contribution >= 4 is 5.91 Å². The van der Waals surface area contributed by atoms with E-state index in [2.05, 4.69) is 20.5 Å². The molecule has 0 aliphatic rings. The Morgan fingerprint density at radius 3 is 2.79 bits per heavy atom. The fourth-order valence-electron chi connectivity index (χ4n) is 2.26. The first-order valence-corrected chi connectivity index (χ1v) is 7.55. The molecule has 24 heavy (non-hydrogen) atoms. The molecule has 0 aliphatic heterocycles. The number of H-pyrrole nitrogens is 1. The van der Waals surface area contributed by atoms with Gasteiger partial charge in [-0.1, -0.05) is 30.3 Å². The Hall–Kier alpha value is -3.22. The highest BCUT2D eigenvalue weighted by Crippen LogP contribution is 2.16. The van der Waals surface area contributed by atoms with Crippen LogP contribution in [0.5, 0.6) is 0 Å². The zero-order chi connectivity index (χ0) is 16.9. The number of nitrogens with zero attached hydrogens (tertiary/aromatic N) is 3. The van der Waals surface area contributed by atoms with Gasteiger partial charge in [0.05, 0.1) is 12.0 Å². The molecule has 0 atom stereocenters. The number of benzene rings is 1. The lowest BCUT2D eigenvalue weighted by Gasteiger charge is -2.06. The molecule has 2 N–H and O–H groups in total. The monoisotopic (exact) mass is 323 g/mol. The third-order valence-electron chi connectivity index (χ3n) is 3.55. The number of aryl methyl sites for hydroxylation is 1. The van der Waals surface area contributed by atoms with Gasteiger partial charge in [-0.15, -0.1) is 0 Å². The third-order valence-corrected chi connectivity index (χ3v) is 3.55. The van der Waals surface area contributed by atoms with Gasteiger partial charge in [0.25, 0.3) is 11.5 Å². The Kier molecular flexibility index (Phi) is 4.51. The van der Waals surface area contributed by atoms with Crippen LogP contribution in [0, 0.1) is 6.92 Å². The molecule has 0 saturated heterocycles. The van der Waals surface area contributed by atoms with Crippen LogP contribution in [-0.4, -0.2) is 32.2 Å². The normalized spacial score (nSPS) is 10.5. The molecule has 122 valence electrons. The van der Waals surface area contributed by atoms with Gasteiger partial charge in [0.15, 0.2) is 0 Å². The van der Waals surface area contributed by atoms with Gasteiger partial charge >= 0.3 is 0 Å². The summed E-state index contributed by atoms with van der Waals surface area (Å²) in [7, 11) is 0. The molecule has 3 aromatic rings. The van der Waals surface area contributed by atoms with Gasteiger partial charge < -0.3 is 5.32 Å². The number of aromatic amines is 1. The lowest BCUT2D eigenvalue weighted by atomic mass is 10.1. The minimum absolute atomic E-state index is 0.135. The van der Waals surface area contributed by atoms with Crippen LogP contribution in [0.3, 0.4) is 0 Å². The lowest BCUT2D eigenvalue weighted by Crippen LogP contribution is -2.31. The van der Waals surface area contributed by atoms with Crippen molar-refractivity contribution in [1.82, 2.24) is 25.1 Å². The predicted molar refractivity (Wildman–Crippen MR) is 89.6 cm³/mol. The second-order valence-corrected chi connectivity index (χ2v) is 5.35. The van der Waals surface area contributed by atoms with E-state index in [1.807, 2.05) is 30.3 Å². The Balaban J connectivity index is 1.60. The van der Waals surface area contributed by atoms with Crippen molar-refractivity contribution in [3.63, 3.8) is 0 Å². The molecular weight excluding hydrogens is 306 g/mol. The van der Waals surface area contributed by atoms with Gasteiger partial charge in [-0.3, -0.25) is 19.3 Å². The minimum atomic E-state index is -0.266. The van der Waals surface area contributed by atoms with Crippen molar-refractivity contribution in [3.8, 4) is 11.3 Å². The van der Waals surface area contributed by atoms with E-state index in [0.29, 0.717) is 30.2 Å². The molecule has 0 unspecified atom stereocenters. The van der Waals surface area contributed by atoms with Crippen molar-refractivity contribution in [2.75, 3.05) is 6.54 Å². The van der Waals surface area contributed by atoms with Gasteiger partial charge in [-0.25, -0.2) is 4.98 Å². The van der Waals surface area contributed by atoms with Gasteiger partial charge in [0.2, 0.25) is 0 Å². The van der Waals surface area contributed by atoms with E-state index < -0.39 is 0 Å². The van der Waals surface area contributed by atoms with Crippen molar-refractivity contribution in [3.05, 3.63) is 70.5 Å². The Bertz CT molecular complexity index is 899. The van der Waals surface area contributed by atoms with Gasteiger partial charge in [-0.2, -0.15) is 5.10 Å². The van der Waals surface area contributed by atoms with Crippen LogP contribution in [0.15, 0.2) is 53.6 Å². The van der Waals surface area contributed by atoms with Crippen LogP contribution in [0.25, 0.3) is 11.3 Å². The molecule has 0 bridgehead atoms. The van der Waals surface area contributed by atoms with Gasteiger partial charge in [0, 0.05) is 30.4 Å². The highest BCUT2D eigenvalue weighted by molar-refractivity contribution is 5.93. The van der Waals surface area contributed by atoms with Crippen LogP contribution in [0.2, 0.25) is 0 Å². The topological polar surface area (TPSA) is 92.7 Å². The number of amides is 1. The standard InChI is InChI=1S/C17H17N5O2/c1-12-9-16(23)22(11-19-12)8-7-18-17(24)15-10-14(20-21-15)13-5-3-2-4-6-13/h2-6,9-11H,7-8H2,1H3,(H,18,24)(H,20,21). The molecule has 7 heteroatoms. The Labute approximate surface area is 138 Å². The highest BCUT2D eigenvalue weighted by Gasteiger charge is 2.10. The van der Waals surface area contributed by atoms with Crippen molar-refractivity contribution < 1.29 is 4.79 Å². The zero-order valence-corrected chi connectivity index (χ0v) is 13.2. The van der Waals surface area contributed by atoms with E-state index in [1.165, 1.54) is 17.0 Å². The van der Waals surface area contributed by atoms with Gasteiger partial charge in [-0.05, 0) is 13.0 Å². The number of carbonyl (C=O) groups excluding carboxylic acids is 1. The number of carbonyl (C=O) groups is 1. The molecule has 0 radical (unpaired) electrons. The van der Waals surface area contributed by atoms with E-state index in [1.54, 1.807) is 13.0 Å². The van der Waals surface area contributed by atoms with Crippen LogP contribution >= 0.6 is 0 Å². The van der Waals surface area contributed by atoms with Crippen LogP contribution in [0.4, 0.5) is 0 Å². The maximum Gasteiger partial charge on any atom is 0.269 e. The highest BCUT2D eigenvalue weighted by atomic mass is 16.2. The third kappa shape index (κ3) is 3.57. The summed E-state index contributed by atoms with van der Waals surface area (Å²) < 4.78 is 1.45. The largest absolute Gasteiger partial charge is 0.349 e.